The van der Waals surface area contributed by atoms with Crippen LogP contribution in [0.3, 0.4) is 0 Å². The molecule has 9 nitrogen and oxygen atoms in total. The number of nitrogens with one attached hydrogen (secondary N) is 2. The molecular formula is C52H90N2O7. The van der Waals surface area contributed by atoms with Crippen molar-refractivity contribution in [2.45, 2.75) is 231 Å². The maximum atomic E-state index is 12.8. The number of aliphatic hydroxyl groups is 1. The molecule has 0 radical (unpaired) electrons. The van der Waals surface area contributed by atoms with Gasteiger partial charge in [-0.3, -0.25) is 14.4 Å². The third-order valence-corrected chi connectivity index (χ3v) is 10.7. The van der Waals surface area contributed by atoms with Gasteiger partial charge < -0.3 is 25.6 Å². The van der Waals surface area contributed by atoms with Gasteiger partial charge in [-0.2, -0.15) is 0 Å². The average Bonchev–Trinajstić information content (AvgIpc) is 3.25. The van der Waals surface area contributed by atoms with E-state index in [0.717, 1.165) is 77.0 Å². The number of carbonyl (C=O) groups excluding carboxylic acids is 3. The highest BCUT2D eigenvalue weighted by Gasteiger charge is 2.18. The van der Waals surface area contributed by atoms with Crippen LogP contribution in [-0.4, -0.2) is 59.3 Å². The zero-order valence-electron chi connectivity index (χ0n) is 38.9. The van der Waals surface area contributed by atoms with Crippen LogP contribution in [0.4, 0.5) is 0 Å². The molecule has 0 aromatic heterocycles. The highest BCUT2D eigenvalue weighted by molar-refractivity contribution is 5.87. The summed E-state index contributed by atoms with van der Waals surface area (Å²) < 4.78 is 5.95. The minimum Gasteiger partial charge on any atom is -0.480 e. The monoisotopic (exact) mass is 855 g/mol. The summed E-state index contributed by atoms with van der Waals surface area (Å²) in [5.41, 5.74) is 0. The fourth-order valence-electron chi connectivity index (χ4n) is 6.91. The van der Waals surface area contributed by atoms with Crippen molar-refractivity contribution in [2.24, 2.45) is 0 Å². The summed E-state index contributed by atoms with van der Waals surface area (Å²) >= 11 is 0. The summed E-state index contributed by atoms with van der Waals surface area (Å²) in [6.45, 7) is 3.45. The fraction of sp³-hybridized carbons (Fsp3) is 0.731. The smallest absolute Gasteiger partial charge is 0.328 e. The second-order valence-corrected chi connectivity index (χ2v) is 16.5. The Bertz CT molecular complexity index is 1210. The Labute approximate surface area is 372 Å². The lowest BCUT2D eigenvalue weighted by Gasteiger charge is -2.15. The summed E-state index contributed by atoms with van der Waals surface area (Å²) in [6.07, 6.45) is 57.1. The van der Waals surface area contributed by atoms with E-state index < -0.39 is 24.5 Å². The second kappa shape index (κ2) is 46.1. The Balaban J connectivity index is 4.20. The van der Waals surface area contributed by atoms with E-state index >= 15 is 0 Å². The molecule has 0 spiro atoms. The van der Waals surface area contributed by atoms with Gasteiger partial charge in [-0.05, 0) is 89.5 Å². The summed E-state index contributed by atoms with van der Waals surface area (Å²) in [4.78, 5) is 47.6. The first-order valence-electron chi connectivity index (χ1n) is 24.7. The Morgan fingerprint density at radius 1 is 0.508 bits per heavy atom. The molecule has 0 aliphatic rings. The van der Waals surface area contributed by atoms with Crippen LogP contribution in [0.15, 0.2) is 60.8 Å². The number of hydrogen-bond donors (Lipinski definition) is 4. The predicted molar refractivity (Wildman–Crippen MR) is 254 cm³/mol. The molecule has 61 heavy (non-hydrogen) atoms. The zero-order chi connectivity index (χ0) is 44.7. The Morgan fingerprint density at radius 2 is 0.934 bits per heavy atom. The van der Waals surface area contributed by atoms with Gasteiger partial charge in [0, 0.05) is 12.8 Å². The minimum absolute atomic E-state index is 0.101. The van der Waals surface area contributed by atoms with E-state index in [1.54, 1.807) is 0 Å². The van der Waals surface area contributed by atoms with Gasteiger partial charge in [0.1, 0.15) is 12.1 Å². The number of aliphatic hydroxyl groups excluding tert-OH is 1. The standard InChI is InChI=1S/C52H90N2O7/c1-3-5-7-9-11-13-14-15-16-17-18-19-20-21-22-23-24-25-26-28-30-36-40-44-51(58)61-47(41-37-33-29-27-12-10-8-6-4-2)42-38-34-31-32-35-39-43-49(56)53-45-50(57)54-48(46-55)52(59)60/h14-15,17-18,20-21,27,29,37,41,47-48,55H,3-13,16,19,22-26,28,30-36,38-40,42-46H2,1-2H3,(H,53,56)(H,54,57)(H,59,60)/b15-14-,18-17-,21-20-,29-27-,41-37-. The van der Waals surface area contributed by atoms with Gasteiger partial charge in [-0.1, -0.05) is 178 Å². The van der Waals surface area contributed by atoms with Crippen LogP contribution in [0, 0.1) is 0 Å². The third kappa shape index (κ3) is 43.0. The summed E-state index contributed by atoms with van der Waals surface area (Å²) in [5.74, 6) is -2.36. The van der Waals surface area contributed by atoms with Crippen LogP contribution in [0.2, 0.25) is 0 Å². The van der Waals surface area contributed by atoms with E-state index in [9.17, 15) is 19.2 Å². The Hall–Kier alpha value is -3.46. The number of ether oxygens (including phenoxy) is 1. The molecule has 0 aromatic rings. The predicted octanol–water partition coefficient (Wildman–Crippen LogP) is 12.9. The minimum atomic E-state index is -1.38. The van der Waals surface area contributed by atoms with Gasteiger partial charge in [-0.25, -0.2) is 4.79 Å². The van der Waals surface area contributed by atoms with Gasteiger partial charge in [0.25, 0.3) is 0 Å². The Kier molecular flexibility index (Phi) is 43.4. The molecule has 0 aliphatic heterocycles. The van der Waals surface area contributed by atoms with Crippen LogP contribution < -0.4 is 10.6 Å². The van der Waals surface area contributed by atoms with E-state index in [-0.39, 0.29) is 24.5 Å². The van der Waals surface area contributed by atoms with E-state index in [1.165, 1.54) is 109 Å². The third-order valence-electron chi connectivity index (χ3n) is 10.7. The maximum Gasteiger partial charge on any atom is 0.328 e. The highest BCUT2D eigenvalue weighted by atomic mass is 16.5. The van der Waals surface area contributed by atoms with Crippen LogP contribution in [0.1, 0.15) is 219 Å². The van der Waals surface area contributed by atoms with Gasteiger partial charge in [0.15, 0.2) is 0 Å². The molecule has 2 atom stereocenters. The molecule has 2 unspecified atom stereocenters. The van der Waals surface area contributed by atoms with Crippen molar-refractivity contribution in [3.63, 3.8) is 0 Å². The average molecular weight is 855 g/mol. The van der Waals surface area contributed by atoms with Crippen LogP contribution in [0.5, 0.6) is 0 Å². The quantitative estimate of drug-likeness (QED) is 0.0271. The molecule has 0 aliphatic carbocycles. The van der Waals surface area contributed by atoms with E-state index in [2.05, 4.69) is 85.2 Å². The lowest BCUT2D eigenvalue weighted by Crippen LogP contribution is -2.47. The number of rotatable bonds is 44. The number of unbranched alkanes of at least 4 members (excludes halogenated alkanes) is 22. The first kappa shape index (κ1) is 57.5. The van der Waals surface area contributed by atoms with Crippen molar-refractivity contribution in [3.8, 4) is 0 Å². The number of hydrogen-bond acceptors (Lipinski definition) is 6. The molecule has 0 saturated heterocycles. The molecule has 2 amide bonds. The number of carboxylic acid groups (broad SMARTS) is 1. The topological polar surface area (TPSA) is 142 Å². The molecule has 0 saturated carbocycles. The fourth-order valence-corrected chi connectivity index (χ4v) is 6.91. The van der Waals surface area contributed by atoms with E-state index in [4.69, 9.17) is 14.9 Å². The number of amides is 2. The molecule has 4 N–H and O–H groups in total. The van der Waals surface area contributed by atoms with Crippen molar-refractivity contribution < 1.29 is 34.1 Å². The Morgan fingerprint density at radius 3 is 1.44 bits per heavy atom. The molecule has 9 heteroatoms. The SMILES string of the molecule is CCCCCC/C=C\C/C=C\C(CCCCCCCCC(=O)NCC(=O)NC(CO)C(=O)O)OC(=O)CCCCCCCCCC/C=C\C/C=C\C/C=C\CCCCCCC. The number of allylic oxidation sites excluding steroid dienone is 9. The van der Waals surface area contributed by atoms with Crippen LogP contribution in [0.25, 0.3) is 0 Å². The summed E-state index contributed by atoms with van der Waals surface area (Å²) in [7, 11) is 0. The molecular weight excluding hydrogens is 765 g/mol. The summed E-state index contributed by atoms with van der Waals surface area (Å²) in [6, 6.07) is -1.38. The van der Waals surface area contributed by atoms with Crippen molar-refractivity contribution in [3.05, 3.63) is 60.8 Å². The van der Waals surface area contributed by atoms with Crippen LogP contribution >= 0.6 is 0 Å². The molecule has 0 bridgehead atoms. The second-order valence-electron chi connectivity index (χ2n) is 16.5. The number of carbonyl (C=O) groups is 4. The highest BCUT2D eigenvalue weighted by Crippen LogP contribution is 2.16. The lowest BCUT2D eigenvalue weighted by molar-refractivity contribution is -0.147. The number of aliphatic carboxylic acids is 1. The van der Waals surface area contributed by atoms with Gasteiger partial charge in [0.05, 0.1) is 13.2 Å². The van der Waals surface area contributed by atoms with Crippen LogP contribution in [-0.2, 0) is 23.9 Å². The lowest BCUT2D eigenvalue weighted by atomic mass is 10.0. The van der Waals surface area contributed by atoms with Crippen molar-refractivity contribution in [2.75, 3.05) is 13.2 Å². The van der Waals surface area contributed by atoms with Gasteiger partial charge in [-0.15, -0.1) is 0 Å². The summed E-state index contributed by atoms with van der Waals surface area (Å²) in [5, 5.41) is 22.5. The zero-order valence-corrected chi connectivity index (χ0v) is 38.9. The first-order chi connectivity index (χ1) is 29.8. The number of esters is 1. The van der Waals surface area contributed by atoms with Gasteiger partial charge >= 0.3 is 11.9 Å². The molecule has 0 aromatic carbocycles. The maximum absolute atomic E-state index is 12.8. The molecule has 0 heterocycles. The van der Waals surface area contributed by atoms with Crippen molar-refractivity contribution >= 4 is 23.8 Å². The van der Waals surface area contributed by atoms with E-state index in [1.807, 2.05) is 0 Å². The van der Waals surface area contributed by atoms with Crippen molar-refractivity contribution in [1.29, 1.82) is 0 Å². The van der Waals surface area contributed by atoms with E-state index in [0.29, 0.717) is 19.3 Å². The molecule has 0 rings (SSSR count). The molecule has 0 fully saturated rings. The first-order valence-corrected chi connectivity index (χ1v) is 24.7. The number of carboxylic acids is 1. The van der Waals surface area contributed by atoms with Gasteiger partial charge in [0.2, 0.25) is 11.8 Å². The normalized spacial score (nSPS) is 13.0. The molecule has 350 valence electrons. The van der Waals surface area contributed by atoms with Crippen molar-refractivity contribution in [1.82, 2.24) is 10.6 Å². The largest absolute Gasteiger partial charge is 0.480 e.